The molecular formula is C10H13N3. The van der Waals surface area contributed by atoms with Crippen molar-refractivity contribution in [2.75, 3.05) is 7.05 Å². The van der Waals surface area contributed by atoms with E-state index in [0.717, 1.165) is 5.57 Å². The molecule has 0 aromatic carbocycles. The van der Waals surface area contributed by atoms with Crippen molar-refractivity contribution in [2.45, 2.75) is 6.04 Å². The minimum Gasteiger partial charge on any atom is -0.384 e. The number of nitrogens with two attached hydrogens (primary N) is 1. The maximum Gasteiger partial charge on any atom is 0.121 e. The van der Waals surface area contributed by atoms with Gasteiger partial charge in [-0.3, -0.25) is 4.99 Å². The summed E-state index contributed by atoms with van der Waals surface area (Å²) in [5, 5.41) is 3.25. The Morgan fingerprint density at radius 1 is 1.54 bits per heavy atom. The van der Waals surface area contributed by atoms with Gasteiger partial charge in [-0.1, -0.05) is 24.3 Å². The summed E-state index contributed by atoms with van der Waals surface area (Å²) >= 11 is 0. The number of nitrogens with zero attached hydrogens (tertiary/aromatic N) is 1. The third kappa shape index (κ3) is 1.26. The van der Waals surface area contributed by atoms with Crippen LogP contribution in [0, 0.1) is 5.92 Å². The lowest BCUT2D eigenvalue weighted by Crippen LogP contribution is -2.32. The number of rotatable bonds is 1. The monoisotopic (exact) mass is 175 g/mol. The summed E-state index contributed by atoms with van der Waals surface area (Å²) < 4.78 is 0. The molecule has 0 bridgehead atoms. The zero-order chi connectivity index (χ0) is 9.26. The Morgan fingerprint density at radius 3 is 3.15 bits per heavy atom. The number of hydrogen-bond donors (Lipinski definition) is 2. The number of aliphatic imine (C=N–C) groups is 1. The average Bonchev–Trinajstić information content (AvgIpc) is 2.63. The third-order valence-corrected chi connectivity index (χ3v) is 2.47. The summed E-state index contributed by atoms with van der Waals surface area (Å²) in [6.07, 6.45) is 10.3. The van der Waals surface area contributed by atoms with E-state index in [1.165, 1.54) is 0 Å². The number of allylic oxidation sites excluding steroid dienone is 2. The van der Waals surface area contributed by atoms with Gasteiger partial charge in [-0.15, -0.1) is 0 Å². The molecule has 0 saturated carbocycles. The Labute approximate surface area is 77.7 Å². The van der Waals surface area contributed by atoms with E-state index in [0.29, 0.717) is 17.8 Å². The van der Waals surface area contributed by atoms with Crippen LogP contribution in [0.2, 0.25) is 0 Å². The van der Waals surface area contributed by atoms with Crippen LogP contribution in [0.1, 0.15) is 0 Å². The van der Waals surface area contributed by atoms with Crippen molar-refractivity contribution in [3.05, 3.63) is 36.1 Å². The van der Waals surface area contributed by atoms with Crippen LogP contribution in [0.4, 0.5) is 0 Å². The average molecular weight is 175 g/mol. The van der Waals surface area contributed by atoms with Gasteiger partial charge in [0.05, 0.1) is 6.04 Å². The Balaban J connectivity index is 2.32. The quantitative estimate of drug-likeness (QED) is 0.452. The molecule has 13 heavy (non-hydrogen) atoms. The first-order valence-electron chi connectivity index (χ1n) is 4.36. The van der Waals surface area contributed by atoms with E-state index in [4.69, 9.17) is 5.73 Å². The second-order valence-electron chi connectivity index (χ2n) is 3.19. The summed E-state index contributed by atoms with van der Waals surface area (Å²) in [6, 6.07) is 0.361. The molecule has 0 aromatic rings. The fraction of sp³-hybridized carbons (Fsp3) is 0.300. The molecule has 3 N–H and O–H groups in total. The van der Waals surface area contributed by atoms with Crippen molar-refractivity contribution in [3.8, 4) is 0 Å². The summed E-state index contributed by atoms with van der Waals surface area (Å²) in [6.45, 7) is 0. The fourth-order valence-electron chi connectivity index (χ4n) is 1.74. The van der Waals surface area contributed by atoms with Gasteiger partial charge in [-0.2, -0.15) is 0 Å². The predicted molar refractivity (Wildman–Crippen MR) is 54.3 cm³/mol. The van der Waals surface area contributed by atoms with Gasteiger partial charge in [-0.05, 0) is 6.20 Å². The molecule has 2 rings (SSSR count). The highest BCUT2D eigenvalue weighted by Gasteiger charge is 2.27. The maximum absolute atomic E-state index is 5.79. The summed E-state index contributed by atoms with van der Waals surface area (Å²) in [4.78, 5) is 4.00. The van der Waals surface area contributed by atoms with Gasteiger partial charge in [0.2, 0.25) is 0 Å². The van der Waals surface area contributed by atoms with Crippen molar-refractivity contribution in [3.63, 3.8) is 0 Å². The van der Waals surface area contributed by atoms with E-state index in [1.54, 1.807) is 7.05 Å². The second kappa shape index (κ2) is 3.09. The molecule has 1 heterocycles. The van der Waals surface area contributed by atoms with Crippen molar-refractivity contribution in [1.82, 2.24) is 5.32 Å². The highest BCUT2D eigenvalue weighted by molar-refractivity contribution is 5.98. The molecule has 3 nitrogen and oxygen atoms in total. The van der Waals surface area contributed by atoms with Crippen LogP contribution >= 0.6 is 0 Å². The maximum atomic E-state index is 5.79. The molecule has 0 amide bonds. The van der Waals surface area contributed by atoms with Gasteiger partial charge >= 0.3 is 0 Å². The predicted octanol–water partition coefficient (Wildman–Crippen LogP) is 0.571. The van der Waals surface area contributed by atoms with E-state index in [9.17, 15) is 0 Å². The van der Waals surface area contributed by atoms with E-state index in [-0.39, 0.29) is 0 Å². The molecule has 0 spiro atoms. The van der Waals surface area contributed by atoms with Crippen LogP contribution < -0.4 is 11.1 Å². The fourth-order valence-corrected chi connectivity index (χ4v) is 1.74. The van der Waals surface area contributed by atoms with Crippen LogP contribution in [0.25, 0.3) is 0 Å². The van der Waals surface area contributed by atoms with Gasteiger partial charge in [0, 0.05) is 18.5 Å². The van der Waals surface area contributed by atoms with Gasteiger partial charge in [0.1, 0.15) is 5.84 Å². The van der Waals surface area contributed by atoms with Crippen molar-refractivity contribution in [2.24, 2.45) is 16.6 Å². The van der Waals surface area contributed by atoms with E-state index >= 15 is 0 Å². The van der Waals surface area contributed by atoms with Crippen LogP contribution in [0.5, 0.6) is 0 Å². The van der Waals surface area contributed by atoms with Crippen molar-refractivity contribution >= 4 is 5.84 Å². The molecular weight excluding hydrogens is 162 g/mol. The first-order valence-corrected chi connectivity index (χ1v) is 4.36. The van der Waals surface area contributed by atoms with Crippen molar-refractivity contribution < 1.29 is 0 Å². The molecule has 0 fully saturated rings. The van der Waals surface area contributed by atoms with E-state index < -0.39 is 0 Å². The van der Waals surface area contributed by atoms with E-state index in [2.05, 4.69) is 22.5 Å². The first kappa shape index (κ1) is 8.10. The summed E-state index contributed by atoms with van der Waals surface area (Å²) in [5.41, 5.74) is 6.90. The highest BCUT2D eigenvalue weighted by atomic mass is 14.9. The first-order chi connectivity index (χ1) is 6.33. The standard InChI is InChI=1S/C10H13N3/c1-12-10(11)8-3-2-4-9-7(8)5-6-13-9/h2-7,9,13H,1H3,(H2,11,12)/t7-,9?/m1/s1. The molecule has 1 aliphatic carbocycles. The Morgan fingerprint density at radius 2 is 2.38 bits per heavy atom. The molecule has 0 aromatic heterocycles. The van der Waals surface area contributed by atoms with E-state index in [1.807, 2.05) is 18.4 Å². The molecule has 68 valence electrons. The zero-order valence-corrected chi connectivity index (χ0v) is 7.57. The minimum atomic E-state index is 0.355. The Bertz CT molecular complexity index is 323. The molecule has 3 heteroatoms. The molecule has 2 aliphatic rings. The molecule has 0 saturated heterocycles. The number of hydrogen-bond acceptors (Lipinski definition) is 2. The summed E-state index contributed by atoms with van der Waals surface area (Å²) in [5.74, 6) is 0.987. The highest BCUT2D eigenvalue weighted by Crippen LogP contribution is 2.25. The lowest BCUT2D eigenvalue weighted by atomic mass is 9.88. The van der Waals surface area contributed by atoms with Gasteiger partial charge in [-0.25, -0.2) is 0 Å². The Hall–Kier alpha value is -1.51. The molecule has 0 radical (unpaired) electrons. The second-order valence-corrected chi connectivity index (χ2v) is 3.19. The largest absolute Gasteiger partial charge is 0.384 e. The molecule has 2 atom stereocenters. The lowest BCUT2D eigenvalue weighted by Gasteiger charge is -2.22. The normalized spacial score (nSPS) is 31.2. The number of fused-ring (bicyclic) bond motifs is 1. The number of nitrogens with one attached hydrogen (secondary N) is 1. The van der Waals surface area contributed by atoms with Gasteiger partial charge < -0.3 is 11.1 Å². The van der Waals surface area contributed by atoms with Crippen LogP contribution in [-0.4, -0.2) is 18.9 Å². The van der Waals surface area contributed by atoms with Crippen LogP contribution in [0.3, 0.4) is 0 Å². The number of amidine groups is 1. The smallest absolute Gasteiger partial charge is 0.121 e. The van der Waals surface area contributed by atoms with Crippen molar-refractivity contribution in [1.29, 1.82) is 0 Å². The zero-order valence-electron chi connectivity index (χ0n) is 7.57. The lowest BCUT2D eigenvalue weighted by molar-refractivity contribution is 0.635. The third-order valence-electron chi connectivity index (χ3n) is 2.47. The van der Waals surface area contributed by atoms with Crippen LogP contribution in [-0.2, 0) is 0 Å². The van der Waals surface area contributed by atoms with Gasteiger partial charge in [0.25, 0.3) is 0 Å². The van der Waals surface area contributed by atoms with Gasteiger partial charge in [0.15, 0.2) is 0 Å². The summed E-state index contributed by atoms with van der Waals surface area (Å²) in [7, 11) is 1.72. The Kier molecular flexibility index (Phi) is 1.93. The minimum absolute atomic E-state index is 0.355. The SMILES string of the molecule is CN=C(N)C1=CC=CC2NC=C[C@H]12. The topological polar surface area (TPSA) is 50.4 Å². The molecule has 1 unspecified atom stereocenters. The molecule has 1 aliphatic heterocycles. The van der Waals surface area contributed by atoms with Crippen LogP contribution in [0.15, 0.2) is 41.1 Å².